The van der Waals surface area contributed by atoms with E-state index in [1.165, 1.54) is 6.42 Å². The Bertz CT molecular complexity index is 793. The van der Waals surface area contributed by atoms with E-state index in [9.17, 15) is 13.2 Å². The molecule has 30 heavy (non-hydrogen) atoms. The highest BCUT2D eigenvalue weighted by molar-refractivity contribution is 7.89. The summed E-state index contributed by atoms with van der Waals surface area (Å²) in [6.07, 6.45) is 6.35. The van der Waals surface area contributed by atoms with Gasteiger partial charge in [-0.3, -0.25) is 0 Å². The third kappa shape index (κ3) is 6.74. The molecule has 1 aromatic rings. The molecule has 1 aliphatic rings. The Morgan fingerprint density at radius 2 is 1.70 bits per heavy atom. The van der Waals surface area contributed by atoms with Crippen LogP contribution in [0.4, 0.5) is 0 Å². The molecule has 5 nitrogen and oxygen atoms in total. The first-order valence-electron chi connectivity index (χ1n) is 11.1. The molecule has 0 unspecified atom stereocenters. The fourth-order valence-corrected chi connectivity index (χ4v) is 6.25. The number of hydrogen-bond donors (Lipinski definition) is 1. The Balaban J connectivity index is 2.30. The quantitative estimate of drug-likeness (QED) is 0.412. The summed E-state index contributed by atoms with van der Waals surface area (Å²) >= 11 is 0. The molecule has 0 heterocycles. The lowest BCUT2D eigenvalue weighted by Gasteiger charge is -2.40. The van der Waals surface area contributed by atoms with Crippen molar-refractivity contribution < 1.29 is 17.6 Å². The Hall–Kier alpha value is -1.02. The molecule has 2 rings (SSSR count). The van der Waals surface area contributed by atoms with E-state index in [-0.39, 0.29) is 9.93 Å². The predicted molar refractivity (Wildman–Crippen MR) is 125 cm³/mol. The van der Waals surface area contributed by atoms with Gasteiger partial charge in [0.05, 0.1) is 10.9 Å². The standard InChI is InChI=1S/C23H39NO4SSi/c1-18-12-14-20(15-13-18)29(26,27)24-21(16-19-10-8-7-9-11-19)22(17-25)28-30(5,6)23(2,3)4/h12-15,17,19,21-22,24H,7-11,16H2,1-6H3/t21-,22-/m0/s1. The second kappa shape index (κ2) is 10.1. The first-order chi connectivity index (χ1) is 13.9. The van der Waals surface area contributed by atoms with Crippen molar-refractivity contribution in [2.45, 2.75) is 101 Å². The van der Waals surface area contributed by atoms with Crippen LogP contribution in [0.2, 0.25) is 18.1 Å². The third-order valence-electron chi connectivity index (χ3n) is 6.72. The topological polar surface area (TPSA) is 72.5 Å². The van der Waals surface area contributed by atoms with Crippen LogP contribution in [0.5, 0.6) is 0 Å². The normalized spacial score (nSPS) is 18.7. The molecule has 0 amide bonds. The second-order valence-corrected chi connectivity index (χ2v) is 16.7. The molecule has 1 saturated carbocycles. The Kier molecular flexibility index (Phi) is 8.47. The highest BCUT2D eigenvalue weighted by Gasteiger charge is 2.42. The number of aldehydes is 1. The summed E-state index contributed by atoms with van der Waals surface area (Å²) < 4.78 is 35.5. The number of hydrogen-bond acceptors (Lipinski definition) is 4. The number of carbonyl (C=O) groups excluding carboxylic acids is 1. The minimum Gasteiger partial charge on any atom is -0.406 e. The van der Waals surface area contributed by atoms with Gasteiger partial charge >= 0.3 is 0 Å². The molecule has 1 fully saturated rings. The molecule has 0 aliphatic heterocycles. The molecule has 1 aromatic carbocycles. The lowest BCUT2D eigenvalue weighted by atomic mass is 9.84. The molecule has 7 heteroatoms. The minimum absolute atomic E-state index is 0.0700. The van der Waals surface area contributed by atoms with E-state index >= 15 is 0 Å². The fraction of sp³-hybridized carbons (Fsp3) is 0.696. The second-order valence-electron chi connectivity index (χ2n) is 10.3. The van der Waals surface area contributed by atoms with Crippen LogP contribution in [0, 0.1) is 12.8 Å². The number of carbonyl (C=O) groups is 1. The van der Waals surface area contributed by atoms with Gasteiger partial charge in [-0.1, -0.05) is 70.6 Å². The van der Waals surface area contributed by atoms with E-state index in [4.69, 9.17) is 4.43 Å². The summed E-state index contributed by atoms with van der Waals surface area (Å²) in [7, 11) is -5.99. The molecule has 0 spiro atoms. The maximum atomic E-state index is 13.1. The largest absolute Gasteiger partial charge is 0.406 e. The Labute approximate surface area is 184 Å². The van der Waals surface area contributed by atoms with Crippen LogP contribution < -0.4 is 4.72 Å². The van der Waals surface area contributed by atoms with Gasteiger partial charge in [-0.15, -0.1) is 0 Å². The molecule has 2 atom stereocenters. The van der Waals surface area contributed by atoms with Gasteiger partial charge in [0.1, 0.15) is 12.4 Å². The SMILES string of the molecule is Cc1ccc(S(=O)(=O)N[C@@H](CC2CCCCC2)[C@H](C=O)O[Si](C)(C)C(C)(C)C)cc1. The number of nitrogens with one attached hydrogen (secondary N) is 1. The van der Waals surface area contributed by atoms with Crippen molar-refractivity contribution in [2.24, 2.45) is 5.92 Å². The van der Waals surface area contributed by atoms with Crippen LogP contribution in [-0.2, 0) is 19.2 Å². The zero-order valence-electron chi connectivity index (χ0n) is 19.4. The predicted octanol–water partition coefficient (Wildman–Crippen LogP) is 5.20. The average molecular weight is 454 g/mol. The van der Waals surface area contributed by atoms with Gasteiger partial charge in [0, 0.05) is 0 Å². The van der Waals surface area contributed by atoms with Gasteiger partial charge in [0.2, 0.25) is 10.0 Å². The van der Waals surface area contributed by atoms with Crippen molar-refractivity contribution in [1.82, 2.24) is 4.72 Å². The van der Waals surface area contributed by atoms with E-state index < -0.39 is 30.5 Å². The molecule has 0 saturated heterocycles. The van der Waals surface area contributed by atoms with Gasteiger partial charge in [-0.25, -0.2) is 13.1 Å². The van der Waals surface area contributed by atoms with Crippen LogP contribution in [-0.4, -0.2) is 35.2 Å². The van der Waals surface area contributed by atoms with E-state index in [2.05, 4.69) is 38.6 Å². The molecule has 0 radical (unpaired) electrons. The molecule has 1 aliphatic carbocycles. The number of sulfonamides is 1. The Morgan fingerprint density at radius 3 is 2.20 bits per heavy atom. The van der Waals surface area contributed by atoms with Crippen LogP contribution in [0.1, 0.15) is 64.9 Å². The maximum absolute atomic E-state index is 13.1. The van der Waals surface area contributed by atoms with Crippen LogP contribution >= 0.6 is 0 Å². The lowest BCUT2D eigenvalue weighted by Crippen LogP contribution is -2.53. The van der Waals surface area contributed by atoms with E-state index in [0.29, 0.717) is 12.3 Å². The van der Waals surface area contributed by atoms with Crippen LogP contribution in [0.15, 0.2) is 29.2 Å². The summed E-state index contributed by atoms with van der Waals surface area (Å²) in [5.74, 6) is 0.412. The average Bonchev–Trinajstić information content (AvgIpc) is 2.65. The molecule has 170 valence electrons. The van der Waals surface area contributed by atoms with Gasteiger partial charge in [-0.05, 0) is 49.5 Å². The third-order valence-corrected chi connectivity index (χ3v) is 12.7. The van der Waals surface area contributed by atoms with Gasteiger partial charge < -0.3 is 9.22 Å². The fourth-order valence-electron chi connectivity index (χ4n) is 3.74. The zero-order valence-corrected chi connectivity index (χ0v) is 21.2. The van der Waals surface area contributed by atoms with Crippen LogP contribution in [0.25, 0.3) is 0 Å². The van der Waals surface area contributed by atoms with Gasteiger partial charge in [0.15, 0.2) is 8.32 Å². The summed E-state index contributed by atoms with van der Waals surface area (Å²) in [5.41, 5.74) is 1.000. The van der Waals surface area contributed by atoms with E-state index in [1.54, 1.807) is 24.3 Å². The molecular formula is C23H39NO4SSi. The van der Waals surface area contributed by atoms with Crippen molar-refractivity contribution >= 4 is 24.6 Å². The zero-order chi connectivity index (χ0) is 22.6. The monoisotopic (exact) mass is 453 g/mol. The highest BCUT2D eigenvalue weighted by atomic mass is 32.2. The van der Waals surface area contributed by atoms with Gasteiger partial charge in [0.25, 0.3) is 0 Å². The van der Waals surface area contributed by atoms with E-state index in [0.717, 1.165) is 37.5 Å². The van der Waals surface area contributed by atoms with Crippen molar-refractivity contribution in [2.75, 3.05) is 0 Å². The highest BCUT2D eigenvalue weighted by Crippen LogP contribution is 2.38. The number of rotatable bonds is 9. The number of aryl methyl sites for hydroxylation is 1. The smallest absolute Gasteiger partial charge is 0.240 e. The molecule has 1 N–H and O–H groups in total. The van der Waals surface area contributed by atoms with Crippen molar-refractivity contribution in [3.05, 3.63) is 29.8 Å². The van der Waals surface area contributed by atoms with Crippen molar-refractivity contribution in [1.29, 1.82) is 0 Å². The van der Waals surface area contributed by atoms with Crippen LogP contribution in [0.3, 0.4) is 0 Å². The van der Waals surface area contributed by atoms with Crippen molar-refractivity contribution in [3.63, 3.8) is 0 Å². The Morgan fingerprint density at radius 1 is 1.13 bits per heavy atom. The summed E-state index contributed by atoms with van der Waals surface area (Å²) in [5, 5.41) is -0.0700. The maximum Gasteiger partial charge on any atom is 0.240 e. The summed E-state index contributed by atoms with van der Waals surface area (Å²) in [6.45, 7) is 12.5. The summed E-state index contributed by atoms with van der Waals surface area (Å²) in [4.78, 5) is 12.3. The molecule has 0 bridgehead atoms. The van der Waals surface area contributed by atoms with E-state index in [1.807, 2.05) is 6.92 Å². The molecular weight excluding hydrogens is 414 g/mol. The first-order valence-corrected chi connectivity index (χ1v) is 15.5. The minimum atomic E-state index is -3.75. The first kappa shape index (κ1) is 25.2. The summed E-state index contributed by atoms with van der Waals surface area (Å²) in [6, 6.07) is 6.23. The van der Waals surface area contributed by atoms with Crippen molar-refractivity contribution in [3.8, 4) is 0 Å². The van der Waals surface area contributed by atoms with Gasteiger partial charge in [-0.2, -0.15) is 0 Å². The molecule has 0 aromatic heterocycles. The lowest BCUT2D eigenvalue weighted by molar-refractivity contribution is -0.115. The number of benzene rings is 1.